The van der Waals surface area contributed by atoms with E-state index in [1.54, 1.807) is 6.07 Å². The molecule has 0 radical (unpaired) electrons. The van der Waals surface area contributed by atoms with Crippen molar-refractivity contribution in [2.24, 2.45) is 0 Å². The summed E-state index contributed by atoms with van der Waals surface area (Å²) in [6.45, 7) is -0.470. The summed E-state index contributed by atoms with van der Waals surface area (Å²) in [5.74, 6) is -2.01. The van der Waals surface area contributed by atoms with Crippen molar-refractivity contribution in [3.63, 3.8) is 0 Å². The van der Waals surface area contributed by atoms with Gasteiger partial charge in [-0.1, -0.05) is 12.1 Å². The maximum Gasteiger partial charge on any atom is 0.339 e. The van der Waals surface area contributed by atoms with Gasteiger partial charge in [0, 0.05) is 6.07 Å². The topological polar surface area (TPSA) is 84.9 Å². The van der Waals surface area contributed by atoms with E-state index in [0.29, 0.717) is 5.75 Å². The number of hydrogen-bond donors (Lipinski definition) is 2. The number of anilines is 1. The third kappa shape index (κ3) is 4.19. The first-order chi connectivity index (χ1) is 11.0. The molecule has 0 saturated heterocycles. The molecule has 0 aliphatic heterocycles. The molecule has 2 N–H and O–H groups in total. The molecule has 0 saturated carbocycles. The first-order valence-corrected chi connectivity index (χ1v) is 6.59. The van der Waals surface area contributed by atoms with Crippen LogP contribution in [0.15, 0.2) is 42.5 Å². The van der Waals surface area contributed by atoms with Crippen molar-refractivity contribution < 1.29 is 28.6 Å². The molecule has 2 aromatic carbocycles. The fraction of sp³-hybridized carbons (Fsp3) is 0.125. The lowest BCUT2D eigenvalue weighted by Gasteiger charge is -2.11. The van der Waals surface area contributed by atoms with Gasteiger partial charge in [-0.15, -0.1) is 0 Å². The van der Waals surface area contributed by atoms with Crippen LogP contribution in [0.2, 0.25) is 0 Å². The van der Waals surface area contributed by atoms with Crippen LogP contribution in [0.1, 0.15) is 10.4 Å². The van der Waals surface area contributed by atoms with Gasteiger partial charge >= 0.3 is 5.97 Å². The predicted octanol–water partition coefficient (Wildman–Crippen LogP) is 2.55. The fourth-order valence-electron chi connectivity index (χ4n) is 1.82. The molecule has 0 atom stereocenters. The summed E-state index contributed by atoms with van der Waals surface area (Å²) in [6.07, 6.45) is 0. The molecule has 0 unspecified atom stereocenters. The largest absolute Gasteiger partial charge is 0.497 e. The zero-order valence-corrected chi connectivity index (χ0v) is 12.2. The number of nitrogens with one attached hydrogen (secondary N) is 1. The van der Waals surface area contributed by atoms with E-state index in [2.05, 4.69) is 5.32 Å². The van der Waals surface area contributed by atoms with Crippen LogP contribution in [-0.2, 0) is 4.79 Å². The minimum absolute atomic E-state index is 0.0134. The number of methoxy groups -OCH3 is 1. The number of benzene rings is 2. The third-order valence-corrected chi connectivity index (χ3v) is 2.93. The Morgan fingerprint density at radius 2 is 1.96 bits per heavy atom. The van der Waals surface area contributed by atoms with Gasteiger partial charge in [-0.05, 0) is 24.3 Å². The standard InChI is InChI=1S/C16H14FNO5/c1-22-10-6-7-11(16(20)21)14(8-10)23-9-15(19)18-13-5-3-2-4-12(13)17/h2-8H,9H2,1H3,(H,18,19)(H,20,21). The summed E-state index contributed by atoms with van der Waals surface area (Å²) in [4.78, 5) is 22.9. The zero-order valence-electron chi connectivity index (χ0n) is 12.2. The Labute approximate surface area is 131 Å². The molecule has 0 aromatic heterocycles. The number of amides is 1. The molecule has 0 aliphatic rings. The number of para-hydroxylation sites is 1. The SMILES string of the molecule is COc1ccc(C(=O)O)c(OCC(=O)Nc2ccccc2F)c1. The molecule has 2 rings (SSSR count). The van der Waals surface area contributed by atoms with Crippen LogP contribution >= 0.6 is 0 Å². The molecular weight excluding hydrogens is 305 g/mol. The molecule has 6 nitrogen and oxygen atoms in total. The summed E-state index contributed by atoms with van der Waals surface area (Å²) >= 11 is 0. The lowest BCUT2D eigenvalue weighted by atomic mass is 10.2. The van der Waals surface area contributed by atoms with E-state index in [-0.39, 0.29) is 17.0 Å². The number of hydrogen-bond acceptors (Lipinski definition) is 4. The van der Waals surface area contributed by atoms with Crippen molar-refractivity contribution >= 4 is 17.6 Å². The molecule has 1 amide bonds. The van der Waals surface area contributed by atoms with Gasteiger partial charge in [0.2, 0.25) is 0 Å². The van der Waals surface area contributed by atoms with Gasteiger partial charge in [-0.2, -0.15) is 0 Å². The van der Waals surface area contributed by atoms with Crippen LogP contribution < -0.4 is 14.8 Å². The van der Waals surface area contributed by atoms with E-state index < -0.39 is 24.3 Å². The summed E-state index contributed by atoms with van der Waals surface area (Å²) in [5.41, 5.74) is -0.0882. The number of halogens is 1. The van der Waals surface area contributed by atoms with E-state index in [1.807, 2.05) is 0 Å². The Morgan fingerprint density at radius 3 is 2.61 bits per heavy atom. The minimum Gasteiger partial charge on any atom is -0.497 e. The number of carbonyl (C=O) groups is 2. The highest BCUT2D eigenvalue weighted by Gasteiger charge is 2.14. The molecule has 0 aliphatic carbocycles. The van der Waals surface area contributed by atoms with Crippen molar-refractivity contribution in [1.29, 1.82) is 0 Å². The van der Waals surface area contributed by atoms with Crippen molar-refractivity contribution in [2.75, 3.05) is 19.0 Å². The molecule has 7 heteroatoms. The van der Waals surface area contributed by atoms with Gasteiger partial charge < -0.3 is 19.9 Å². The molecule has 2 aromatic rings. The zero-order chi connectivity index (χ0) is 16.8. The molecule has 23 heavy (non-hydrogen) atoms. The van der Waals surface area contributed by atoms with Gasteiger partial charge in [-0.3, -0.25) is 4.79 Å². The van der Waals surface area contributed by atoms with Crippen LogP contribution in [-0.4, -0.2) is 30.7 Å². The number of carboxylic acid groups (broad SMARTS) is 1. The average molecular weight is 319 g/mol. The predicted molar refractivity (Wildman–Crippen MR) is 80.5 cm³/mol. The summed E-state index contributed by atoms with van der Waals surface area (Å²) < 4.78 is 23.6. The Bertz CT molecular complexity index is 732. The monoisotopic (exact) mass is 319 g/mol. The number of carbonyl (C=O) groups excluding carboxylic acids is 1. The summed E-state index contributed by atoms with van der Waals surface area (Å²) in [7, 11) is 1.42. The molecular formula is C16H14FNO5. The normalized spacial score (nSPS) is 10.0. The van der Waals surface area contributed by atoms with Crippen molar-refractivity contribution in [3.8, 4) is 11.5 Å². The van der Waals surface area contributed by atoms with Crippen LogP contribution in [0.5, 0.6) is 11.5 Å². The van der Waals surface area contributed by atoms with E-state index in [1.165, 1.54) is 43.5 Å². The second kappa shape index (κ2) is 7.26. The van der Waals surface area contributed by atoms with Crippen LogP contribution in [0.25, 0.3) is 0 Å². The smallest absolute Gasteiger partial charge is 0.339 e. The molecule has 120 valence electrons. The Hall–Kier alpha value is -3.09. The summed E-state index contributed by atoms with van der Waals surface area (Å²) in [5, 5.41) is 11.4. The van der Waals surface area contributed by atoms with E-state index >= 15 is 0 Å². The lowest BCUT2D eigenvalue weighted by molar-refractivity contribution is -0.118. The molecule has 0 heterocycles. The number of carboxylic acids is 1. The Morgan fingerprint density at radius 1 is 1.22 bits per heavy atom. The van der Waals surface area contributed by atoms with Gasteiger partial charge in [0.05, 0.1) is 12.8 Å². The highest BCUT2D eigenvalue weighted by atomic mass is 19.1. The van der Waals surface area contributed by atoms with Crippen LogP contribution in [0.4, 0.5) is 10.1 Å². The first-order valence-electron chi connectivity index (χ1n) is 6.59. The van der Waals surface area contributed by atoms with E-state index in [4.69, 9.17) is 14.6 Å². The fourth-order valence-corrected chi connectivity index (χ4v) is 1.82. The minimum atomic E-state index is -1.20. The Balaban J connectivity index is 2.06. The van der Waals surface area contributed by atoms with Gasteiger partial charge in [0.25, 0.3) is 5.91 Å². The first kappa shape index (κ1) is 16.3. The average Bonchev–Trinajstić information content (AvgIpc) is 2.54. The highest BCUT2D eigenvalue weighted by molar-refractivity contribution is 5.93. The maximum absolute atomic E-state index is 13.4. The lowest BCUT2D eigenvalue weighted by Crippen LogP contribution is -2.21. The van der Waals surface area contributed by atoms with Crippen LogP contribution in [0, 0.1) is 5.82 Å². The highest BCUT2D eigenvalue weighted by Crippen LogP contribution is 2.25. The number of rotatable bonds is 6. The maximum atomic E-state index is 13.4. The molecule has 0 fully saturated rings. The van der Waals surface area contributed by atoms with Crippen LogP contribution in [0.3, 0.4) is 0 Å². The Kier molecular flexibility index (Phi) is 5.14. The van der Waals surface area contributed by atoms with Crippen molar-refractivity contribution in [1.82, 2.24) is 0 Å². The quantitative estimate of drug-likeness (QED) is 0.855. The van der Waals surface area contributed by atoms with E-state index in [0.717, 1.165) is 0 Å². The number of ether oxygens (including phenoxy) is 2. The van der Waals surface area contributed by atoms with Gasteiger partial charge in [0.15, 0.2) is 6.61 Å². The van der Waals surface area contributed by atoms with E-state index in [9.17, 15) is 14.0 Å². The third-order valence-electron chi connectivity index (χ3n) is 2.93. The van der Waals surface area contributed by atoms with Gasteiger partial charge in [-0.25, -0.2) is 9.18 Å². The summed E-state index contributed by atoms with van der Waals surface area (Å²) in [6, 6.07) is 9.82. The second-order valence-corrected chi connectivity index (χ2v) is 4.48. The molecule has 0 spiro atoms. The van der Waals surface area contributed by atoms with Crippen molar-refractivity contribution in [3.05, 3.63) is 53.8 Å². The van der Waals surface area contributed by atoms with Gasteiger partial charge in [0.1, 0.15) is 22.9 Å². The van der Waals surface area contributed by atoms with Crippen molar-refractivity contribution in [2.45, 2.75) is 0 Å². The number of aromatic carboxylic acids is 1. The molecule has 0 bridgehead atoms. The second-order valence-electron chi connectivity index (χ2n) is 4.48.